The SMILES string of the molecule is Cc1cc(C)n2c(-c3ccc(N)cc3Cl)nnc2n1. The highest BCUT2D eigenvalue weighted by molar-refractivity contribution is 6.33. The summed E-state index contributed by atoms with van der Waals surface area (Å²) in [6.07, 6.45) is 0. The molecule has 96 valence electrons. The minimum atomic E-state index is 0.550. The quantitative estimate of drug-likeness (QED) is 0.692. The molecule has 0 saturated carbocycles. The summed E-state index contributed by atoms with van der Waals surface area (Å²) in [5.74, 6) is 1.24. The molecule has 0 fully saturated rings. The lowest BCUT2D eigenvalue weighted by Crippen LogP contribution is -1.98. The molecule has 0 spiro atoms. The first-order chi connectivity index (χ1) is 9.06. The summed E-state index contributed by atoms with van der Waals surface area (Å²) in [6, 6.07) is 7.31. The fourth-order valence-corrected chi connectivity index (χ4v) is 2.39. The molecule has 6 heteroatoms. The number of nitrogen functional groups attached to an aromatic ring is 1. The molecular formula is C13H12ClN5. The Morgan fingerprint density at radius 2 is 1.95 bits per heavy atom. The van der Waals surface area contributed by atoms with Crippen LogP contribution in [-0.2, 0) is 0 Å². The lowest BCUT2D eigenvalue weighted by molar-refractivity contribution is 1.02. The third-order valence-electron chi connectivity index (χ3n) is 2.93. The van der Waals surface area contributed by atoms with E-state index in [4.69, 9.17) is 17.3 Å². The Labute approximate surface area is 115 Å². The molecule has 19 heavy (non-hydrogen) atoms. The van der Waals surface area contributed by atoms with Gasteiger partial charge < -0.3 is 5.73 Å². The van der Waals surface area contributed by atoms with Gasteiger partial charge in [0.25, 0.3) is 5.78 Å². The van der Waals surface area contributed by atoms with Crippen LogP contribution in [-0.4, -0.2) is 19.6 Å². The van der Waals surface area contributed by atoms with Crippen molar-refractivity contribution in [3.8, 4) is 11.4 Å². The van der Waals surface area contributed by atoms with Gasteiger partial charge >= 0.3 is 0 Å². The fraction of sp³-hybridized carbons (Fsp3) is 0.154. The van der Waals surface area contributed by atoms with E-state index in [0.717, 1.165) is 17.0 Å². The number of fused-ring (bicyclic) bond motifs is 1. The van der Waals surface area contributed by atoms with Gasteiger partial charge in [-0.3, -0.25) is 4.40 Å². The highest BCUT2D eigenvalue weighted by Crippen LogP contribution is 2.29. The van der Waals surface area contributed by atoms with Crippen LogP contribution in [0.25, 0.3) is 17.2 Å². The van der Waals surface area contributed by atoms with E-state index in [1.807, 2.05) is 30.4 Å². The van der Waals surface area contributed by atoms with Crippen molar-refractivity contribution in [1.82, 2.24) is 19.6 Å². The second kappa shape index (κ2) is 4.20. The second-order valence-corrected chi connectivity index (χ2v) is 4.84. The average molecular weight is 274 g/mol. The summed E-state index contributed by atoms with van der Waals surface area (Å²) in [4.78, 5) is 4.35. The van der Waals surface area contributed by atoms with E-state index in [9.17, 15) is 0 Å². The molecule has 0 amide bonds. The lowest BCUT2D eigenvalue weighted by atomic mass is 10.2. The summed E-state index contributed by atoms with van der Waals surface area (Å²) in [6.45, 7) is 3.91. The number of nitrogens with zero attached hydrogens (tertiary/aromatic N) is 4. The number of benzene rings is 1. The van der Waals surface area contributed by atoms with Crippen molar-refractivity contribution in [2.75, 3.05) is 5.73 Å². The molecule has 0 saturated heterocycles. The first-order valence-electron chi connectivity index (χ1n) is 5.81. The molecule has 0 bridgehead atoms. The number of hydrogen-bond acceptors (Lipinski definition) is 4. The molecule has 0 atom stereocenters. The topological polar surface area (TPSA) is 69.1 Å². The Hall–Kier alpha value is -2.14. The molecule has 0 radical (unpaired) electrons. The number of anilines is 1. The van der Waals surface area contributed by atoms with Crippen LogP contribution in [0.1, 0.15) is 11.4 Å². The Balaban J connectivity index is 2.31. The van der Waals surface area contributed by atoms with Gasteiger partial charge in [0.2, 0.25) is 0 Å². The van der Waals surface area contributed by atoms with Gasteiger partial charge in [-0.2, -0.15) is 0 Å². The predicted octanol–water partition coefficient (Wildman–Crippen LogP) is 2.64. The minimum absolute atomic E-state index is 0.550. The van der Waals surface area contributed by atoms with Crippen LogP contribution < -0.4 is 5.73 Å². The van der Waals surface area contributed by atoms with Gasteiger partial charge in [0.15, 0.2) is 5.82 Å². The van der Waals surface area contributed by atoms with Gasteiger partial charge in [-0.1, -0.05) is 11.6 Å². The van der Waals surface area contributed by atoms with Crippen LogP contribution in [0.5, 0.6) is 0 Å². The average Bonchev–Trinajstić information content (AvgIpc) is 2.72. The summed E-state index contributed by atoms with van der Waals surface area (Å²) in [7, 11) is 0. The summed E-state index contributed by atoms with van der Waals surface area (Å²) >= 11 is 6.22. The molecule has 1 aromatic carbocycles. The first kappa shape index (κ1) is 11.9. The summed E-state index contributed by atoms with van der Waals surface area (Å²) in [5, 5.41) is 8.83. The maximum absolute atomic E-state index is 6.22. The maximum atomic E-state index is 6.22. The van der Waals surface area contributed by atoms with Crippen LogP contribution in [0.2, 0.25) is 5.02 Å². The zero-order valence-corrected chi connectivity index (χ0v) is 11.3. The molecule has 0 aliphatic carbocycles. The van der Waals surface area contributed by atoms with Gasteiger partial charge in [0.1, 0.15) is 0 Å². The lowest BCUT2D eigenvalue weighted by Gasteiger charge is -2.06. The van der Waals surface area contributed by atoms with Crippen LogP contribution in [0.3, 0.4) is 0 Å². The van der Waals surface area contributed by atoms with Crippen LogP contribution in [0, 0.1) is 13.8 Å². The van der Waals surface area contributed by atoms with E-state index < -0.39 is 0 Å². The molecule has 0 aliphatic heterocycles. The highest BCUT2D eigenvalue weighted by Gasteiger charge is 2.14. The molecule has 0 aliphatic rings. The van der Waals surface area contributed by atoms with Gasteiger partial charge in [0, 0.05) is 22.6 Å². The fourth-order valence-electron chi connectivity index (χ4n) is 2.12. The molecule has 3 rings (SSSR count). The van der Waals surface area contributed by atoms with Crippen molar-refractivity contribution in [1.29, 1.82) is 0 Å². The van der Waals surface area contributed by atoms with E-state index in [-0.39, 0.29) is 0 Å². The standard InChI is InChI=1S/C13H12ClN5/c1-7-5-8(2)19-12(17-18-13(19)16-7)10-4-3-9(15)6-11(10)14/h3-6H,15H2,1-2H3. The van der Waals surface area contributed by atoms with Gasteiger partial charge in [-0.05, 0) is 38.1 Å². The van der Waals surface area contributed by atoms with Crippen molar-refractivity contribution < 1.29 is 0 Å². The molecule has 3 aromatic rings. The van der Waals surface area contributed by atoms with Crippen LogP contribution in [0.15, 0.2) is 24.3 Å². The van der Waals surface area contributed by atoms with Gasteiger partial charge in [0.05, 0.1) is 5.02 Å². The smallest absolute Gasteiger partial charge is 0.255 e. The van der Waals surface area contributed by atoms with Crippen molar-refractivity contribution >= 4 is 23.1 Å². The van der Waals surface area contributed by atoms with E-state index in [0.29, 0.717) is 22.3 Å². The largest absolute Gasteiger partial charge is 0.399 e. The van der Waals surface area contributed by atoms with Crippen molar-refractivity contribution in [3.05, 3.63) is 40.7 Å². The Morgan fingerprint density at radius 3 is 2.68 bits per heavy atom. The third kappa shape index (κ3) is 1.92. The zero-order valence-electron chi connectivity index (χ0n) is 10.6. The van der Waals surface area contributed by atoms with Gasteiger partial charge in [-0.15, -0.1) is 10.2 Å². The predicted molar refractivity (Wildman–Crippen MR) is 75.1 cm³/mol. The second-order valence-electron chi connectivity index (χ2n) is 4.44. The number of aryl methyl sites for hydroxylation is 2. The zero-order chi connectivity index (χ0) is 13.6. The molecule has 0 unspecified atom stereocenters. The Morgan fingerprint density at radius 1 is 1.16 bits per heavy atom. The van der Waals surface area contributed by atoms with Gasteiger partial charge in [-0.25, -0.2) is 4.98 Å². The Kier molecular flexibility index (Phi) is 2.64. The number of aromatic nitrogens is 4. The molecule has 2 aromatic heterocycles. The first-order valence-corrected chi connectivity index (χ1v) is 6.19. The van der Waals surface area contributed by atoms with Crippen LogP contribution >= 0.6 is 11.6 Å². The number of halogens is 1. The Bertz CT molecular complexity index is 778. The van der Waals surface area contributed by atoms with Crippen molar-refractivity contribution in [2.24, 2.45) is 0 Å². The van der Waals surface area contributed by atoms with Crippen molar-refractivity contribution in [2.45, 2.75) is 13.8 Å². The highest BCUT2D eigenvalue weighted by atomic mass is 35.5. The maximum Gasteiger partial charge on any atom is 0.255 e. The molecule has 5 nitrogen and oxygen atoms in total. The van der Waals surface area contributed by atoms with E-state index >= 15 is 0 Å². The normalized spacial score (nSPS) is 11.1. The number of rotatable bonds is 1. The van der Waals surface area contributed by atoms with Crippen molar-refractivity contribution in [3.63, 3.8) is 0 Å². The molecule has 2 heterocycles. The van der Waals surface area contributed by atoms with E-state index in [1.54, 1.807) is 12.1 Å². The minimum Gasteiger partial charge on any atom is -0.399 e. The summed E-state index contributed by atoms with van der Waals surface area (Å²) in [5.41, 5.74) is 9.03. The molecular weight excluding hydrogens is 262 g/mol. The monoisotopic (exact) mass is 273 g/mol. The van der Waals surface area contributed by atoms with Crippen LogP contribution in [0.4, 0.5) is 5.69 Å². The van der Waals surface area contributed by atoms with E-state index in [1.165, 1.54) is 0 Å². The third-order valence-corrected chi connectivity index (χ3v) is 3.24. The number of hydrogen-bond donors (Lipinski definition) is 1. The molecule has 2 N–H and O–H groups in total. The van der Waals surface area contributed by atoms with E-state index in [2.05, 4.69) is 15.2 Å². The summed E-state index contributed by atoms with van der Waals surface area (Å²) < 4.78 is 1.88. The number of nitrogens with two attached hydrogens (primary N) is 1.